The molecule has 0 aliphatic heterocycles. The van der Waals surface area contributed by atoms with E-state index in [2.05, 4.69) is 4.74 Å². The fourth-order valence-electron chi connectivity index (χ4n) is 0.998. The second-order valence-electron chi connectivity index (χ2n) is 2.68. The Kier molecular flexibility index (Phi) is 2.28. The minimum atomic E-state index is -1.29. The van der Waals surface area contributed by atoms with E-state index >= 15 is 0 Å². The van der Waals surface area contributed by atoms with Gasteiger partial charge in [0.25, 0.3) is 0 Å². The largest absolute Gasteiger partial charge is 0.481 e. The summed E-state index contributed by atoms with van der Waals surface area (Å²) in [5.41, 5.74) is 0. The number of carboxylic acids is 1. The minimum absolute atomic E-state index is 0.169. The molecule has 12 heavy (non-hydrogen) atoms. The summed E-state index contributed by atoms with van der Waals surface area (Å²) in [7, 11) is 0. The highest BCUT2D eigenvalue weighted by atomic mass is 35.5. The Morgan fingerprint density at radius 2 is 2.33 bits per heavy atom. The zero-order chi connectivity index (χ0) is 9.35. The lowest BCUT2D eigenvalue weighted by Crippen LogP contribution is -2.24. The van der Waals surface area contributed by atoms with Crippen LogP contribution in [0.1, 0.15) is 13.3 Å². The van der Waals surface area contributed by atoms with Crippen molar-refractivity contribution in [2.75, 3.05) is 6.61 Å². The molecule has 1 fully saturated rings. The molecule has 1 N–H and O–H groups in total. The van der Waals surface area contributed by atoms with Gasteiger partial charge in [0.15, 0.2) is 4.87 Å². The Balaban J connectivity index is 2.54. The van der Waals surface area contributed by atoms with Crippen LogP contribution in [0.4, 0.5) is 0 Å². The number of ether oxygens (including phenoxy) is 1. The first-order chi connectivity index (χ1) is 5.52. The summed E-state index contributed by atoms with van der Waals surface area (Å²) in [6.07, 6.45) is 0.169. The van der Waals surface area contributed by atoms with Gasteiger partial charge in [-0.15, -0.1) is 11.6 Å². The van der Waals surface area contributed by atoms with Crippen LogP contribution in [0.5, 0.6) is 0 Å². The van der Waals surface area contributed by atoms with Crippen molar-refractivity contribution >= 4 is 23.5 Å². The number of hydrogen-bond donors (Lipinski definition) is 1. The summed E-state index contributed by atoms with van der Waals surface area (Å²) >= 11 is 5.68. The Labute approximate surface area is 74.5 Å². The van der Waals surface area contributed by atoms with Gasteiger partial charge in [-0.25, -0.2) is 0 Å². The Hall–Kier alpha value is -0.770. The van der Waals surface area contributed by atoms with E-state index in [1.165, 1.54) is 0 Å². The molecular formula is C7H9ClO4. The molecule has 0 aromatic rings. The molecule has 4 nitrogen and oxygen atoms in total. The van der Waals surface area contributed by atoms with Gasteiger partial charge in [0.1, 0.15) is 0 Å². The quantitative estimate of drug-likeness (QED) is 0.526. The fraction of sp³-hybridized carbons (Fsp3) is 0.714. The average molecular weight is 193 g/mol. The zero-order valence-electron chi connectivity index (χ0n) is 6.54. The standard InChI is InChI=1S/C7H9ClO4/c1-2-12-6(11)7(8)3-4(7)5(9)10/h4H,2-3H2,1H3,(H,9,10). The lowest BCUT2D eigenvalue weighted by Gasteiger charge is -2.05. The van der Waals surface area contributed by atoms with Crippen LogP contribution in [0.2, 0.25) is 0 Å². The number of aliphatic carboxylic acids is 1. The van der Waals surface area contributed by atoms with Gasteiger partial charge in [-0.2, -0.15) is 0 Å². The van der Waals surface area contributed by atoms with E-state index < -0.39 is 22.7 Å². The van der Waals surface area contributed by atoms with Gasteiger partial charge in [0.2, 0.25) is 0 Å². The van der Waals surface area contributed by atoms with Gasteiger partial charge >= 0.3 is 11.9 Å². The van der Waals surface area contributed by atoms with Crippen molar-refractivity contribution in [2.24, 2.45) is 5.92 Å². The number of carbonyl (C=O) groups is 2. The van der Waals surface area contributed by atoms with Crippen LogP contribution in [-0.4, -0.2) is 28.5 Å². The van der Waals surface area contributed by atoms with Crippen molar-refractivity contribution < 1.29 is 19.4 Å². The lowest BCUT2D eigenvalue weighted by molar-refractivity contribution is -0.147. The van der Waals surface area contributed by atoms with Crippen LogP contribution in [0.15, 0.2) is 0 Å². The molecular weight excluding hydrogens is 184 g/mol. The van der Waals surface area contributed by atoms with Crippen LogP contribution < -0.4 is 0 Å². The number of alkyl halides is 1. The normalized spacial score (nSPS) is 32.7. The van der Waals surface area contributed by atoms with Gasteiger partial charge < -0.3 is 9.84 Å². The van der Waals surface area contributed by atoms with Gasteiger partial charge in [0, 0.05) is 0 Å². The molecule has 0 spiro atoms. The number of hydrogen-bond acceptors (Lipinski definition) is 3. The van der Waals surface area contributed by atoms with Gasteiger partial charge in [0.05, 0.1) is 12.5 Å². The third-order valence-corrected chi connectivity index (χ3v) is 2.38. The molecule has 0 aromatic heterocycles. The summed E-state index contributed by atoms with van der Waals surface area (Å²) in [5, 5.41) is 8.51. The van der Waals surface area contributed by atoms with Crippen molar-refractivity contribution in [1.82, 2.24) is 0 Å². The molecule has 0 amide bonds. The zero-order valence-corrected chi connectivity index (χ0v) is 7.30. The summed E-state index contributed by atoms with van der Waals surface area (Å²) < 4.78 is 4.62. The Bertz CT molecular complexity index is 227. The van der Waals surface area contributed by atoms with Gasteiger partial charge in [-0.05, 0) is 13.3 Å². The molecule has 1 saturated carbocycles. The Morgan fingerprint density at radius 3 is 2.67 bits per heavy atom. The molecule has 1 aliphatic rings. The molecule has 0 heterocycles. The molecule has 2 unspecified atom stereocenters. The van der Waals surface area contributed by atoms with E-state index in [0.717, 1.165) is 0 Å². The first-order valence-electron chi connectivity index (χ1n) is 3.61. The van der Waals surface area contributed by atoms with Crippen LogP contribution >= 0.6 is 11.6 Å². The molecule has 5 heteroatoms. The van der Waals surface area contributed by atoms with Crippen molar-refractivity contribution in [2.45, 2.75) is 18.2 Å². The predicted molar refractivity (Wildman–Crippen MR) is 41.0 cm³/mol. The summed E-state index contributed by atoms with van der Waals surface area (Å²) in [4.78, 5) is 20.1. The number of esters is 1. The fourth-order valence-corrected chi connectivity index (χ4v) is 1.30. The third-order valence-electron chi connectivity index (χ3n) is 1.81. The molecule has 0 saturated heterocycles. The average Bonchev–Trinajstić information content (AvgIpc) is 2.65. The van der Waals surface area contributed by atoms with Crippen LogP contribution in [0, 0.1) is 5.92 Å². The van der Waals surface area contributed by atoms with Crippen molar-refractivity contribution in [3.63, 3.8) is 0 Å². The number of rotatable bonds is 3. The van der Waals surface area contributed by atoms with E-state index in [9.17, 15) is 9.59 Å². The monoisotopic (exact) mass is 192 g/mol. The molecule has 0 radical (unpaired) electrons. The molecule has 1 rings (SSSR count). The maximum Gasteiger partial charge on any atom is 0.328 e. The first-order valence-corrected chi connectivity index (χ1v) is 3.99. The second kappa shape index (κ2) is 2.94. The van der Waals surface area contributed by atoms with E-state index in [1.807, 2.05) is 0 Å². The smallest absolute Gasteiger partial charge is 0.328 e. The van der Waals surface area contributed by atoms with E-state index in [4.69, 9.17) is 16.7 Å². The van der Waals surface area contributed by atoms with Crippen LogP contribution in [0.25, 0.3) is 0 Å². The lowest BCUT2D eigenvalue weighted by atomic mass is 10.3. The topological polar surface area (TPSA) is 63.6 Å². The Morgan fingerprint density at radius 1 is 1.75 bits per heavy atom. The molecule has 1 aliphatic carbocycles. The van der Waals surface area contributed by atoms with Crippen molar-refractivity contribution in [3.05, 3.63) is 0 Å². The first kappa shape index (κ1) is 9.32. The minimum Gasteiger partial charge on any atom is -0.481 e. The summed E-state index contributed by atoms with van der Waals surface area (Å²) in [6, 6.07) is 0. The SMILES string of the molecule is CCOC(=O)C1(Cl)CC1C(=O)O. The van der Waals surface area contributed by atoms with Gasteiger partial charge in [-0.3, -0.25) is 9.59 Å². The predicted octanol–water partition coefficient (Wildman–Crippen LogP) is 0.632. The molecule has 0 bridgehead atoms. The number of carboxylic acid groups (broad SMARTS) is 1. The van der Waals surface area contributed by atoms with E-state index in [1.54, 1.807) is 6.92 Å². The van der Waals surface area contributed by atoms with Crippen LogP contribution in [0.3, 0.4) is 0 Å². The highest BCUT2D eigenvalue weighted by Crippen LogP contribution is 2.50. The molecule has 2 atom stereocenters. The molecule has 68 valence electrons. The highest BCUT2D eigenvalue weighted by molar-refractivity contribution is 6.38. The second-order valence-corrected chi connectivity index (χ2v) is 3.35. The number of halogens is 1. The summed E-state index contributed by atoms with van der Waals surface area (Å²) in [5.74, 6) is -2.45. The summed E-state index contributed by atoms with van der Waals surface area (Å²) in [6.45, 7) is 1.87. The van der Waals surface area contributed by atoms with E-state index in [-0.39, 0.29) is 13.0 Å². The van der Waals surface area contributed by atoms with E-state index in [0.29, 0.717) is 0 Å². The van der Waals surface area contributed by atoms with Gasteiger partial charge in [-0.1, -0.05) is 0 Å². The number of carbonyl (C=O) groups excluding carboxylic acids is 1. The maximum atomic E-state index is 11.0. The molecule has 0 aromatic carbocycles. The van der Waals surface area contributed by atoms with Crippen LogP contribution in [-0.2, 0) is 14.3 Å². The van der Waals surface area contributed by atoms with Crippen molar-refractivity contribution in [1.29, 1.82) is 0 Å². The van der Waals surface area contributed by atoms with Crippen molar-refractivity contribution in [3.8, 4) is 0 Å². The highest BCUT2D eigenvalue weighted by Gasteiger charge is 2.64. The maximum absolute atomic E-state index is 11.0. The third kappa shape index (κ3) is 1.39.